The lowest BCUT2D eigenvalue weighted by Gasteiger charge is -2.15. The average molecular weight is 491 g/mol. The monoisotopic (exact) mass is 490 g/mol. The van der Waals surface area contributed by atoms with E-state index in [0.29, 0.717) is 22.7 Å². The first-order chi connectivity index (χ1) is 16.7. The zero-order valence-electron chi connectivity index (χ0n) is 19.1. The van der Waals surface area contributed by atoms with Gasteiger partial charge in [0.2, 0.25) is 11.8 Å². The number of fused-ring (bicyclic) bond motifs is 1. The third kappa shape index (κ3) is 4.24. The molecule has 5 rings (SSSR count). The van der Waals surface area contributed by atoms with Crippen LogP contribution in [0.5, 0.6) is 5.75 Å². The average Bonchev–Trinajstić information content (AvgIpc) is 3.41. The summed E-state index contributed by atoms with van der Waals surface area (Å²) in [5.74, 6) is -0.249. The Morgan fingerprint density at radius 1 is 0.971 bits per heavy atom. The van der Waals surface area contributed by atoms with E-state index in [0.717, 1.165) is 16.1 Å². The number of imidazole rings is 1. The number of carbonyl (C=O) groups excluding carboxylic acids is 2. The Morgan fingerprint density at radius 3 is 2.37 bits per heavy atom. The number of sulfonamides is 1. The number of imide groups is 1. The van der Waals surface area contributed by atoms with Gasteiger partial charge in [-0.15, -0.1) is 0 Å². The first kappa shape index (κ1) is 22.6. The van der Waals surface area contributed by atoms with Gasteiger partial charge in [0.05, 0.1) is 29.1 Å². The van der Waals surface area contributed by atoms with Crippen molar-refractivity contribution in [2.45, 2.75) is 24.7 Å². The highest BCUT2D eigenvalue weighted by Crippen LogP contribution is 2.33. The molecular formula is C25H22N4O5S. The van der Waals surface area contributed by atoms with Crippen LogP contribution >= 0.6 is 0 Å². The maximum absolute atomic E-state index is 13.1. The van der Waals surface area contributed by atoms with Crippen LogP contribution in [-0.2, 0) is 19.6 Å². The number of hydrogen-bond donors (Lipinski definition) is 1. The number of nitrogens with one attached hydrogen (secondary N) is 1. The second kappa shape index (κ2) is 8.55. The highest BCUT2D eigenvalue weighted by Gasteiger charge is 2.30. The minimum absolute atomic E-state index is 0.0176. The van der Waals surface area contributed by atoms with Crippen molar-refractivity contribution in [3.8, 4) is 17.0 Å². The molecule has 10 heteroatoms. The number of amides is 2. The summed E-state index contributed by atoms with van der Waals surface area (Å²) in [4.78, 5) is 29.6. The second-order valence-corrected chi connectivity index (χ2v) is 9.92. The molecule has 0 atom stereocenters. The smallest absolute Gasteiger partial charge is 0.262 e. The summed E-state index contributed by atoms with van der Waals surface area (Å²) < 4.78 is 36.1. The predicted molar refractivity (Wildman–Crippen MR) is 131 cm³/mol. The van der Waals surface area contributed by atoms with E-state index >= 15 is 0 Å². The van der Waals surface area contributed by atoms with Crippen molar-refractivity contribution in [3.05, 3.63) is 72.6 Å². The van der Waals surface area contributed by atoms with E-state index in [-0.39, 0.29) is 35.2 Å². The molecule has 0 saturated carbocycles. The molecule has 178 valence electrons. The van der Waals surface area contributed by atoms with Crippen molar-refractivity contribution in [1.82, 2.24) is 9.38 Å². The molecule has 4 aromatic rings. The van der Waals surface area contributed by atoms with Gasteiger partial charge in [-0.05, 0) is 67.1 Å². The molecule has 0 bridgehead atoms. The normalized spacial score (nSPS) is 14.1. The van der Waals surface area contributed by atoms with E-state index < -0.39 is 10.0 Å². The molecule has 35 heavy (non-hydrogen) atoms. The lowest BCUT2D eigenvalue weighted by molar-refractivity contribution is -0.121. The maximum atomic E-state index is 13.1. The molecule has 1 N–H and O–H groups in total. The van der Waals surface area contributed by atoms with E-state index in [1.807, 2.05) is 41.9 Å². The molecule has 2 aromatic heterocycles. The van der Waals surface area contributed by atoms with Crippen LogP contribution in [0.25, 0.3) is 16.9 Å². The van der Waals surface area contributed by atoms with Crippen LogP contribution in [0.4, 0.5) is 11.4 Å². The summed E-state index contributed by atoms with van der Waals surface area (Å²) in [6.07, 6.45) is 4.10. The van der Waals surface area contributed by atoms with Crippen LogP contribution in [0.2, 0.25) is 0 Å². The van der Waals surface area contributed by atoms with Crippen molar-refractivity contribution in [2.75, 3.05) is 16.7 Å². The van der Waals surface area contributed by atoms with E-state index in [1.54, 1.807) is 12.1 Å². The molecule has 2 aromatic carbocycles. The fourth-order valence-corrected chi connectivity index (χ4v) is 5.07. The molecule has 3 heterocycles. The van der Waals surface area contributed by atoms with Gasteiger partial charge in [0.15, 0.2) is 0 Å². The van der Waals surface area contributed by atoms with E-state index in [4.69, 9.17) is 4.74 Å². The van der Waals surface area contributed by atoms with Crippen LogP contribution in [0.1, 0.15) is 18.4 Å². The van der Waals surface area contributed by atoms with Crippen LogP contribution in [0, 0.1) is 6.92 Å². The number of benzene rings is 2. The standard InChI is InChI=1S/C25H22N4O5S/c1-16-11-12-28-15-21(26-23(28)13-16)17-3-8-22(34-2)20(14-17)27-35(32,33)19-6-4-18(5-7-19)29-24(30)9-10-25(29)31/h3-8,11-15,27H,9-10H2,1-2H3. The van der Waals surface area contributed by atoms with Gasteiger partial charge in [0, 0.05) is 30.8 Å². The number of aromatic nitrogens is 2. The van der Waals surface area contributed by atoms with Crippen molar-refractivity contribution in [3.63, 3.8) is 0 Å². The Bertz CT molecular complexity index is 1560. The third-order valence-electron chi connectivity index (χ3n) is 5.81. The van der Waals surface area contributed by atoms with Crippen molar-refractivity contribution >= 4 is 38.9 Å². The van der Waals surface area contributed by atoms with E-state index in [1.165, 1.54) is 31.4 Å². The first-order valence-electron chi connectivity index (χ1n) is 10.9. The number of hydrogen-bond acceptors (Lipinski definition) is 6. The van der Waals surface area contributed by atoms with Crippen molar-refractivity contribution in [1.29, 1.82) is 0 Å². The lowest BCUT2D eigenvalue weighted by atomic mass is 10.1. The highest BCUT2D eigenvalue weighted by molar-refractivity contribution is 7.92. The SMILES string of the molecule is COc1ccc(-c2cn3ccc(C)cc3n2)cc1NS(=O)(=O)c1ccc(N2C(=O)CCC2=O)cc1. The number of nitrogens with zero attached hydrogens (tertiary/aromatic N) is 3. The number of pyridine rings is 1. The van der Waals surface area contributed by atoms with Crippen LogP contribution in [-0.4, -0.2) is 36.7 Å². The molecule has 0 aliphatic carbocycles. The predicted octanol–water partition coefficient (Wildman–Crippen LogP) is 3.77. The third-order valence-corrected chi connectivity index (χ3v) is 7.19. The number of carbonyl (C=O) groups is 2. The van der Waals surface area contributed by atoms with Crippen LogP contribution < -0.4 is 14.4 Å². The summed E-state index contributed by atoms with van der Waals surface area (Å²) >= 11 is 0. The number of ether oxygens (including phenoxy) is 1. The molecule has 0 unspecified atom stereocenters. The number of anilines is 2. The topological polar surface area (TPSA) is 110 Å². The van der Waals surface area contributed by atoms with Crippen molar-refractivity contribution < 1.29 is 22.7 Å². The van der Waals surface area contributed by atoms with Gasteiger partial charge >= 0.3 is 0 Å². The summed E-state index contributed by atoms with van der Waals surface area (Å²) in [5.41, 5.74) is 3.87. The van der Waals surface area contributed by atoms with Crippen molar-refractivity contribution in [2.24, 2.45) is 0 Å². The van der Waals surface area contributed by atoms with Gasteiger partial charge < -0.3 is 9.14 Å². The largest absolute Gasteiger partial charge is 0.495 e. The molecule has 2 amide bonds. The van der Waals surface area contributed by atoms with Crippen LogP contribution in [0.3, 0.4) is 0 Å². The molecule has 1 saturated heterocycles. The fourth-order valence-electron chi connectivity index (χ4n) is 4.01. The molecular weight excluding hydrogens is 468 g/mol. The Kier molecular flexibility index (Phi) is 5.52. The molecule has 0 radical (unpaired) electrons. The molecule has 0 spiro atoms. The summed E-state index contributed by atoms with van der Waals surface area (Å²) in [7, 11) is -2.53. The highest BCUT2D eigenvalue weighted by atomic mass is 32.2. The van der Waals surface area contributed by atoms with Gasteiger partial charge in [-0.1, -0.05) is 0 Å². The zero-order valence-corrected chi connectivity index (χ0v) is 19.9. The number of methoxy groups -OCH3 is 1. The second-order valence-electron chi connectivity index (χ2n) is 8.23. The molecule has 1 aliphatic heterocycles. The van der Waals surface area contributed by atoms with Gasteiger partial charge in [0.25, 0.3) is 10.0 Å². The Morgan fingerprint density at radius 2 is 1.69 bits per heavy atom. The summed E-state index contributed by atoms with van der Waals surface area (Å²) in [6.45, 7) is 1.99. The summed E-state index contributed by atoms with van der Waals surface area (Å²) in [6, 6.07) is 14.7. The van der Waals surface area contributed by atoms with Gasteiger partial charge in [-0.2, -0.15) is 0 Å². The van der Waals surface area contributed by atoms with E-state index in [9.17, 15) is 18.0 Å². The zero-order chi connectivity index (χ0) is 24.7. The van der Waals surface area contributed by atoms with Gasteiger partial charge in [-0.3, -0.25) is 19.2 Å². The minimum Gasteiger partial charge on any atom is -0.495 e. The molecule has 1 aliphatic rings. The van der Waals surface area contributed by atoms with Gasteiger partial charge in [0.1, 0.15) is 11.4 Å². The quantitative estimate of drug-likeness (QED) is 0.412. The Labute approximate surface area is 202 Å². The minimum atomic E-state index is -3.99. The molecule has 9 nitrogen and oxygen atoms in total. The lowest BCUT2D eigenvalue weighted by Crippen LogP contribution is -2.28. The van der Waals surface area contributed by atoms with Crippen LogP contribution in [0.15, 0.2) is 71.9 Å². The van der Waals surface area contributed by atoms with E-state index in [2.05, 4.69) is 9.71 Å². The Balaban J connectivity index is 1.45. The maximum Gasteiger partial charge on any atom is 0.262 e. The fraction of sp³-hybridized carbons (Fsp3) is 0.160. The number of rotatable bonds is 6. The molecule has 1 fully saturated rings. The number of aryl methyl sites for hydroxylation is 1. The van der Waals surface area contributed by atoms with Gasteiger partial charge in [-0.25, -0.2) is 13.4 Å². The summed E-state index contributed by atoms with van der Waals surface area (Å²) in [5, 5.41) is 0. The first-order valence-corrected chi connectivity index (χ1v) is 12.4. The Hall–Kier alpha value is -4.18.